The normalized spacial score (nSPS) is 10.6. The van der Waals surface area contributed by atoms with E-state index >= 15 is 0 Å². The highest BCUT2D eigenvalue weighted by Crippen LogP contribution is 2.20. The topological polar surface area (TPSA) is 114 Å². The monoisotopic (exact) mass is 422 g/mol. The quantitative estimate of drug-likeness (QED) is 0.343. The van der Waals surface area contributed by atoms with Crippen LogP contribution in [0.3, 0.4) is 0 Å². The summed E-state index contributed by atoms with van der Waals surface area (Å²) in [5, 5.41) is 16.7. The number of carbonyl (C=O) groups is 2. The number of anilines is 2. The first-order valence-corrected chi connectivity index (χ1v) is 9.06. The molecule has 150 valence electrons. The van der Waals surface area contributed by atoms with E-state index in [2.05, 4.69) is 15.6 Å². The first kappa shape index (κ1) is 20.7. The number of benzene rings is 2. The van der Waals surface area contributed by atoms with Crippen LogP contribution in [0.5, 0.6) is 0 Å². The summed E-state index contributed by atoms with van der Waals surface area (Å²) in [5.41, 5.74) is 0.678. The van der Waals surface area contributed by atoms with Gasteiger partial charge in [0.25, 0.3) is 11.6 Å². The molecule has 3 aromatic rings. The van der Waals surface area contributed by atoms with Crippen molar-refractivity contribution in [3.8, 4) is 0 Å². The van der Waals surface area contributed by atoms with Crippen molar-refractivity contribution in [2.24, 2.45) is 0 Å². The van der Waals surface area contributed by atoms with Gasteiger partial charge < -0.3 is 10.6 Å². The fraction of sp³-hybridized carbons (Fsp3) is 0. The van der Waals surface area contributed by atoms with Gasteiger partial charge in [0.15, 0.2) is 0 Å². The van der Waals surface area contributed by atoms with Crippen molar-refractivity contribution in [2.75, 3.05) is 10.6 Å². The highest BCUT2D eigenvalue weighted by Gasteiger charge is 2.14. The van der Waals surface area contributed by atoms with Crippen molar-refractivity contribution in [3.63, 3.8) is 0 Å². The second kappa shape index (κ2) is 9.44. The molecule has 3 rings (SSSR count). The Morgan fingerprint density at radius 2 is 1.73 bits per heavy atom. The summed E-state index contributed by atoms with van der Waals surface area (Å²) in [4.78, 5) is 39.4. The van der Waals surface area contributed by atoms with Crippen LogP contribution in [-0.4, -0.2) is 21.7 Å². The van der Waals surface area contributed by atoms with Gasteiger partial charge in [-0.2, -0.15) is 0 Å². The molecular formula is C21H15ClN4O4. The Kier molecular flexibility index (Phi) is 6.51. The Hall–Kier alpha value is -4.04. The van der Waals surface area contributed by atoms with Crippen LogP contribution in [0, 0.1) is 10.1 Å². The predicted octanol–water partition coefficient (Wildman–Crippen LogP) is 4.55. The number of nitrogens with zero attached hydrogens (tertiary/aromatic N) is 2. The SMILES string of the molecule is O=C(/C=C/c1ccccc1[N+](=O)[O-])Nc1ccccc1C(=O)Nc1ccc(Cl)cn1. The number of amides is 2. The number of rotatable bonds is 6. The van der Waals surface area contributed by atoms with Crippen LogP contribution in [0.25, 0.3) is 6.08 Å². The molecule has 0 unspecified atom stereocenters. The number of para-hydroxylation sites is 2. The van der Waals surface area contributed by atoms with Gasteiger partial charge in [0, 0.05) is 18.3 Å². The number of hydrogen-bond donors (Lipinski definition) is 2. The fourth-order valence-electron chi connectivity index (χ4n) is 2.56. The molecule has 0 aliphatic rings. The van der Waals surface area contributed by atoms with Crippen LogP contribution in [-0.2, 0) is 4.79 Å². The molecule has 0 saturated heterocycles. The molecule has 1 aromatic heterocycles. The van der Waals surface area contributed by atoms with E-state index in [1.165, 1.54) is 24.4 Å². The average molecular weight is 423 g/mol. The third-order valence-corrected chi connectivity index (χ3v) is 4.17. The summed E-state index contributed by atoms with van der Waals surface area (Å²) in [7, 11) is 0. The molecule has 1 heterocycles. The van der Waals surface area contributed by atoms with Gasteiger partial charge >= 0.3 is 0 Å². The van der Waals surface area contributed by atoms with Crippen LogP contribution in [0.2, 0.25) is 5.02 Å². The Morgan fingerprint density at radius 1 is 1.00 bits per heavy atom. The van der Waals surface area contributed by atoms with Gasteiger partial charge in [-0.25, -0.2) is 4.98 Å². The van der Waals surface area contributed by atoms with E-state index in [4.69, 9.17) is 11.6 Å². The highest BCUT2D eigenvalue weighted by atomic mass is 35.5. The second-order valence-corrected chi connectivity index (χ2v) is 6.44. The van der Waals surface area contributed by atoms with Gasteiger partial charge in [0.05, 0.1) is 26.8 Å². The van der Waals surface area contributed by atoms with Crippen LogP contribution in [0.15, 0.2) is 72.9 Å². The minimum atomic E-state index is -0.544. The molecule has 0 fully saturated rings. The summed E-state index contributed by atoms with van der Waals surface area (Å²) in [6.45, 7) is 0. The van der Waals surface area contributed by atoms with Crippen molar-refractivity contribution in [1.29, 1.82) is 0 Å². The van der Waals surface area contributed by atoms with Crippen LogP contribution >= 0.6 is 11.6 Å². The first-order valence-electron chi connectivity index (χ1n) is 8.68. The van der Waals surface area contributed by atoms with E-state index in [0.29, 0.717) is 10.8 Å². The fourth-order valence-corrected chi connectivity index (χ4v) is 2.67. The maximum absolute atomic E-state index is 12.6. The number of aromatic nitrogens is 1. The van der Waals surface area contributed by atoms with E-state index in [9.17, 15) is 19.7 Å². The first-order chi connectivity index (χ1) is 14.4. The zero-order valence-electron chi connectivity index (χ0n) is 15.4. The average Bonchev–Trinajstić information content (AvgIpc) is 2.74. The van der Waals surface area contributed by atoms with Crippen LogP contribution < -0.4 is 10.6 Å². The van der Waals surface area contributed by atoms with Crippen molar-refractivity contribution < 1.29 is 14.5 Å². The van der Waals surface area contributed by atoms with Gasteiger partial charge in [0.1, 0.15) is 5.82 Å². The lowest BCUT2D eigenvalue weighted by molar-refractivity contribution is -0.385. The summed E-state index contributed by atoms with van der Waals surface area (Å²) >= 11 is 5.78. The number of carbonyl (C=O) groups excluding carboxylic acids is 2. The van der Waals surface area contributed by atoms with Gasteiger partial charge in [-0.15, -0.1) is 0 Å². The molecule has 8 nitrogen and oxygen atoms in total. The lowest BCUT2D eigenvalue weighted by atomic mass is 10.1. The minimum absolute atomic E-state index is 0.114. The smallest absolute Gasteiger partial charge is 0.276 e. The number of nitro groups is 1. The molecule has 0 aliphatic heterocycles. The summed E-state index contributed by atoms with van der Waals surface area (Å²) in [5.74, 6) is -0.705. The zero-order chi connectivity index (χ0) is 21.5. The molecule has 0 radical (unpaired) electrons. The standard InChI is InChI=1S/C21H15ClN4O4/c22-15-10-11-19(23-13-15)25-21(28)16-6-2-3-7-17(16)24-20(27)12-9-14-5-1-4-8-18(14)26(29)30/h1-13H,(H,24,27)(H,23,25,28)/b12-9+. The maximum atomic E-state index is 12.6. The molecule has 30 heavy (non-hydrogen) atoms. The Labute approximate surface area is 176 Å². The number of hydrogen-bond acceptors (Lipinski definition) is 5. The summed E-state index contributed by atoms with van der Waals surface area (Å²) < 4.78 is 0. The van der Waals surface area contributed by atoms with Gasteiger partial charge in [0.2, 0.25) is 5.91 Å². The Bertz CT molecular complexity index is 1130. The van der Waals surface area contributed by atoms with Crippen LogP contribution in [0.4, 0.5) is 17.2 Å². The molecule has 0 bridgehead atoms. The Morgan fingerprint density at radius 3 is 2.47 bits per heavy atom. The second-order valence-electron chi connectivity index (χ2n) is 6.00. The van der Waals surface area contributed by atoms with Crippen LogP contribution in [0.1, 0.15) is 15.9 Å². The van der Waals surface area contributed by atoms with E-state index in [-0.39, 0.29) is 22.5 Å². The molecule has 0 aliphatic carbocycles. The molecule has 9 heteroatoms. The van der Waals surface area contributed by atoms with E-state index in [0.717, 1.165) is 6.08 Å². The van der Waals surface area contributed by atoms with Crippen molar-refractivity contribution >= 4 is 46.7 Å². The van der Waals surface area contributed by atoms with Crippen molar-refractivity contribution in [2.45, 2.75) is 0 Å². The number of halogens is 1. The maximum Gasteiger partial charge on any atom is 0.276 e. The van der Waals surface area contributed by atoms with Gasteiger partial charge in [-0.1, -0.05) is 35.9 Å². The molecule has 2 amide bonds. The molecule has 0 atom stereocenters. The third-order valence-electron chi connectivity index (χ3n) is 3.95. The van der Waals surface area contributed by atoms with Crippen molar-refractivity contribution in [3.05, 3.63) is 99.2 Å². The minimum Gasteiger partial charge on any atom is -0.322 e. The highest BCUT2D eigenvalue weighted by molar-refractivity contribution is 6.30. The largest absolute Gasteiger partial charge is 0.322 e. The molecular weight excluding hydrogens is 408 g/mol. The number of nitro benzene ring substituents is 1. The van der Waals surface area contributed by atoms with E-state index < -0.39 is 16.7 Å². The predicted molar refractivity (Wildman–Crippen MR) is 114 cm³/mol. The van der Waals surface area contributed by atoms with E-state index in [1.54, 1.807) is 48.5 Å². The van der Waals surface area contributed by atoms with E-state index in [1.807, 2.05) is 0 Å². The molecule has 0 saturated carbocycles. The third kappa shape index (κ3) is 5.27. The zero-order valence-corrected chi connectivity index (χ0v) is 16.2. The lowest BCUT2D eigenvalue weighted by Gasteiger charge is -2.10. The van der Waals surface area contributed by atoms with Gasteiger partial charge in [-0.05, 0) is 36.4 Å². The van der Waals surface area contributed by atoms with Crippen molar-refractivity contribution in [1.82, 2.24) is 4.98 Å². The molecule has 0 spiro atoms. The lowest BCUT2D eigenvalue weighted by Crippen LogP contribution is -2.17. The molecule has 2 aromatic carbocycles. The summed E-state index contributed by atoms with van der Waals surface area (Å²) in [6, 6.07) is 15.6. The Balaban J connectivity index is 1.74. The van der Waals surface area contributed by atoms with Gasteiger partial charge in [-0.3, -0.25) is 19.7 Å². The number of nitrogens with one attached hydrogen (secondary N) is 2. The molecule has 2 N–H and O–H groups in total. The number of pyridine rings is 1. The summed E-state index contributed by atoms with van der Waals surface area (Å²) in [6.07, 6.45) is 3.91.